The lowest BCUT2D eigenvalue weighted by Crippen LogP contribution is -2.18. The van der Waals surface area contributed by atoms with Crippen LogP contribution in [0.2, 0.25) is 0 Å². The highest BCUT2D eigenvalue weighted by molar-refractivity contribution is 8.13. The molecule has 0 radical (unpaired) electrons. The van der Waals surface area contributed by atoms with Crippen LogP contribution in [0.1, 0.15) is 26.2 Å². The zero-order chi connectivity index (χ0) is 11.2. The van der Waals surface area contributed by atoms with E-state index >= 15 is 0 Å². The van der Waals surface area contributed by atoms with Gasteiger partial charge < -0.3 is 0 Å². The van der Waals surface area contributed by atoms with E-state index in [1.165, 1.54) is 6.92 Å². The summed E-state index contributed by atoms with van der Waals surface area (Å²) in [5.74, 6) is -3.11. The summed E-state index contributed by atoms with van der Waals surface area (Å²) in [5.41, 5.74) is 0. The molecule has 0 aromatic rings. The zero-order valence-corrected chi connectivity index (χ0v) is 8.55. The molecule has 0 aliphatic carbocycles. The summed E-state index contributed by atoms with van der Waals surface area (Å²) in [6.07, 6.45) is -4.83. The number of thioether (sulfide) groups is 1. The van der Waals surface area contributed by atoms with Crippen LogP contribution in [0.3, 0.4) is 0 Å². The van der Waals surface area contributed by atoms with E-state index in [0.29, 0.717) is 0 Å². The van der Waals surface area contributed by atoms with Gasteiger partial charge in [0.1, 0.15) is 0 Å². The van der Waals surface area contributed by atoms with Crippen molar-refractivity contribution in [2.75, 3.05) is 5.75 Å². The monoisotopic (exact) mass is 232 g/mol. The fourth-order valence-electron chi connectivity index (χ4n) is 0.789. The summed E-state index contributed by atoms with van der Waals surface area (Å²) < 4.78 is 48.8. The van der Waals surface area contributed by atoms with Crippen LogP contribution in [-0.4, -0.2) is 23.2 Å². The fraction of sp³-hybridized carbons (Fsp3) is 0.875. The molecule has 14 heavy (non-hydrogen) atoms. The molecule has 0 aromatic heterocycles. The molecular formula is C8H12F4OS. The molecule has 0 unspecified atom stereocenters. The molecule has 0 aliphatic rings. The molecule has 0 saturated heterocycles. The van der Waals surface area contributed by atoms with Gasteiger partial charge in [0.05, 0.1) is 0 Å². The van der Waals surface area contributed by atoms with Gasteiger partial charge in [0.2, 0.25) is 12.3 Å². The molecule has 0 bridgehead atoms. The Hall–Kier alpha value is -0.260. The predicted molar refractivity (Wildman–Crippen MR) is 47.9 cm³/mol. The quantitative estimate of drug-likeness (QED) is 0.653. The second kappa shape index (κ2) is 6.27. The van der Waals surface area contributed by atoms with Crippen molar-refractivity contribution in [1.82, 2.24) is 0 Å². The Balaban J connectivity index is 3.66. The Bertz CT molecular complexity index is 184. The number of hydrogen-bond acceptors (Lipinski definition) is 2. The SMILES string of the molecule is CC(=O)SCCC(F)(F)CCC(F)F. The number of alkyl halides is 4. The average molecular weight is 232 g/mol. The lowest BCUT2D eigenvalue weighted by atomic mass is 10.1. The number of carbonyl (C=O) groups is 1. The van der Waals surface area contributed by atoms with Crippen LogP contribution in [-0.2, 0) is 4.79 Å². The largest absolute Gasteiger partial charge is 0.288 e. The third kappa shape index (κ3) is 8.34. The van der Waals surface area contributed by atoms with Gasteiger partial charge in [-0.05, 0) is 0 Å². The third-order valence-electron chi connectivity index (χ3n) is 1.50. The smallest absolute Gasteiger partial charge is 0.249 e. The van der Waals surface area contributed by atoms with Crippen molar-refractivity contribution >= 4 is 16.9 Å². The molecule has 0 aromatic carbocycles. The normalized spacial score (nSPS) is 12.1. The van der Waals surface area contributed by atoms with Crippen LogP contribution in [0.5, 0.6) is 0 Å². The minimum Gasteiger partial charge on any atom is -0.288 e. The molecule has 0 aliphatic heterocycles. The van der Waals surface area contributed by atoms with Gasteiger partial charge in [0.15, 0.2) is 5.12 Å². The average Bonchev–Trinajstić information content (AvgIpc) is 2.00. The van der Waals surface area contributed by atoms with Crippen molar-refractivity contribution in [3.05, 3.63) is 0 Å². The molecule has 84 valence electrons. The lowest BCUT2D eigenvalue weighted by Gasteiger charge is -2.14. The summed E-state index contributed by atoms with van der Waals surface area (Å²) in [7, 11) is 0. The van der Waals surface area contributed by atoms with E-state index in [4.69, 9.17) is 0 Å². The van der Waals surface area contributed by atoms with E-state index in [9.17, 15) is 22.4 Å². The van der Waals surface area contributed by atoms with E-state index < -0.39 is 31.6 Å². The number of hydrogen-bond donors (Lipinski definition) is 0. The van der Waals surface area contributed by atoms with Gasteiger partial charge in [0, 0.05) is 31.9 Å². The molecule has 0 amide bonds. The first-order valence-electron chi connectivity index (χ1n) is 4.13. The highest BCUT2D eigenvalue weighted by atomic mass is 32.2. The topological polar surface area (TPSA) is 17.1 Å². The van der Waals surface area contributed by atoms with Gasteiger partial charge in [-0.3, -0.25) is 4.79 Å². The zero-order valence-electron chi connectivity index (χ0n) is 7.73. The van der Waals surface area contributed by atoms with E-state index in [1.54, 1.807) is 0 Å². The van der Waals surface area contributed by atoms with Crippen LogP contribution >= 0.6 is 11.8 Å². The first-order chi connectivity index (χ1) is 6.33. The Morgan fingerprint density at radius 1 is 1.36 bits per heavy atom. The number of halogens is 4. The van der Waals surface area contributed by atoms with Crippen LogP contribution in [0.4, 0.5) is 17.6 Å². The van der Waals surface area contributed by atoms with E-state index in [2.05, 4.69) is 0 Å². The molecule has 0 atom stereocenters. The van der Waals surface area contributed by atoms with Gasteiger partial charge >= 0.3 is 0 Å². The molecule has 0 fully saturated rings. The molecule has 0 spiro atoms. The molecule has 0 rings (SSSR count). The van der Waals surface area contributed by atoms with E-state index in [-0.39, 0.29) is 10.9 Å². The fourth-order valence-corrected chi connectivity index (χ4v) is 1.48. The lowest BCUT2D eigenvalue weighted by molar-refractivity contribution is -0.109. The molecule has 1 nitrogen and oxygen atoms in total. The number of carbonyl (C=O) groups excluding carboxylic acids is 1. The van der Waals surface area contributed by atoms with Crippen molar-refractivity contribution in [3.8, 4) is 0 Å². The summed E-state index contributed by atoms with van der Waals surface area (Å²) in [6, 6.07) is 0. The Kier molecular flexibility index (Phi) is 6.15. The highest BCUT2D eigenvalue weighted by Crippen LogP contribution is 2.27. The Labute approximate surface area is 84.2 Å². The maximum Gasteiger partial charge on any atom is 0.249 e. The van der Waals surface area contributed by atoms with Gasteiger partial charge in [-0.1, -0.05) is 11.8 Å². The summed E-state index contributed by atoms with van der Waals surface area (Å²) in [5, 5.41) is -0.241. The van der Waals surface area contributed by atoms with Crippen molar-refractivity contribution in [2.24, 2.45) is 0 Å². The summed E-state index contributed by atoms with van der Waals surface area (Å²) >= 11 is 0.786. The van der Waals surface area contributed by atoms with Crippen molar-refractivity contribution in [1.29, 1.82) is 0 Å². The molecule has 0 N–H and O–H groups in total. The van der Waals surface area contributed by atoms with Crippen LogP contribution < -0.4 is 0 Å². The van der Waals surface area contributed by atoms with E-state index in [0.717, 1.165) is 11.8 Å². The van der Waals surface area contributed by atoms with Gasteiger partial charge in [-0.2, -0.15) is 0 Å². The van der Waals surface area contributed by atoms with Crippen molar-refractivity contribution < 1.29 is 22.4 Å². The second-order valence-corrected chi connectivity index (χ2v) is 4.15. The van der Waals surface area contributed by atoms with Crippen molar-refractivity contribution in [2.45, 2.75) is 38.5 Å². The van der Waals surface area contributed by atoms with Crippen LogP contribution in [0, 0.1) is 0 Å². The Morgan fingerprint density at radius 3 is 2.36 bits per heavy atom. The maximum atomic E-state index is 12.8. The second-order valence-electron chi connectivity index (χ2n) is 2.88. The first-order valence-corrected chi connectivity index (χ1v) is 5.11. The summed E-state index contributed by atoms with van der Waals surface area (Å²) in [6.45, 7) is 1.28. The molecule has 0 saturated carbocycles. The van der Waals surface area contributed by atoms with Crippen LogP contribution in [0.25, 0.3) is 0 Å². The van der Waals surface area contributed by atoms with Gasteiger partial charge in [0.25, 0.3) is 0 Å². The van der Waals surface area contributed by atoms with Crippen molar-refractivity contribution in [3.63, 3.8) is 0 Å². The third-order valence-corrected chi connectivity index (χ3v) is 2.32. The minimum absolute atomic E-state index is 0.0223. The minimum atomic E-state index is -3.08. The predicted octanol–water partition coefficient (Wildman–Crippen LogP) is 3.34. The molecule has 6 heteroatoms. The first kappa shape index (κ1) is 13.7. The van der Waals surface area contributed by atoms with Crippen LogP contribution in [0.15, 0.2) is 0 Å². The highest BCUT2D eigenvalue weighted by Gasteiger charge is 2.29. The van der Waals surface area contributed by atoms with E-state index in [1.807, 2.05) is 0 Å². The summed E-state index contributed by atoms with van der Waals surface area (Å²) in [4.78, 5) is 10.4. The molecule has 0 heterocycles. The number of rotatable bonds is 6. The van der Waals surface area contributed by atoms with Gasteiger partial charge in [-0.25, -0.2) is 17.6 Å². The Morgan fingerprint density at radius 2 is 1.93 bits per heavy atom. The maximum absolute atomic E-state index is 12.8. The van der Waals surface area contributed by atoms with Gasteiger partial charge in [-0.15, -0.1) is 0 Å². The molecular weight excluding hydrogens is 220 g/mol. The standard InChI is InChI=1S/C8H12F4OS/c1-6(13)14-5-4-8(11,12)3-2-7(9)10/h7H,2-5H2,1H3.